The van der Waals surface area contributed by atoms with Crippen molar-refractivity contribution in [1.29, 1.82) is 0 Å². The summed E-state index contributed by atoms with van der Waals surface area (Å²) in [6.07, 6.45) is 0.0964. The summed E-state index contributed by atoms with van der Waals surface area (Å²) in [5, 5.41) is 5.98. The van der Waals surface area contributed by atoms with E-state index >= 15 is 0 Å². The Kier molecular flexibility index (Phi) is 6.79. The van der Waals surface area contributed by atoms with Crippen molar-refractivity contribution in [3.63, 3.8) is 0 Å². The van der Waals surface area contributed by atoms with Crippen molar-refractivity contribution in [1.82, 2.24) is 10.3 Å². The van der Waals surface area contributed by atoms with Crippen molar-refractivity contribution < 1.29 is 14.3 Å². The number of esters is 1. The number of nitrogens with one attached hydrogen (secondary N) is 1. The molecule has 0 unspecified atom stereocenters. The molecule has 0 bridgehead atoms. The van der Waals surface area contributed by atoms with Crippen LogP contribution in [0.4, 0.5) is 0 Å². The fourth-order valence-electron chi connectivity index (χ4n) is 2.56. The van der Waals surface area contributed by atoms with Gasteiger partial charge in [-0.3, -0.25) is 9.59 Å². The van der Waals surface area contributed by atoms with Gasteiger partial charge in [0.25, 0.3) is 5.91 Å². The van der Waals surface area contributed by atoms with Gasteiger partial charge in [0.2, 0.25) is 0 Å². The molecule has 2 aromatic carbocycles. The maximum atomic E-state index is 12.1. The topological polar surface area (TPSA) is 68.3 Å². The molecule has 3 rings (SSSR count). The first kappa shape index (κ1) is 20.0. The van der Waals surface area contributed by atoms with Crippen LogP contribution in [0, 0.1) is 6.92 Å². The monoisotopic (exact) mass is 414 g/mol. The molecule has 0 radical (unpaired) electrons. The Hall–Kier alpha value is -2.70. The number of halogens is 1. The van der Waals surface area contributed by atoms with E-state index in [1.54, 1.807) is 12.1 Å². The summed E-state index contributed by atoms with van der Waals surface area (Å²) in [7, 11) is 0. The number of thiazole rings is 1. The summed E-state index contributed by atoms with van der Waals surface area (Å²) in [6, 6.07) is 14.8. The van der Waals surface area contributed by atoms with Gasteiger partial charge in [-0.25, -0.2) is 4.98 Å². The molecule has 0 spiro atoms. The summed E-state index contributed by atoms with van der Waals surface area (Å²) in [5.74, 6) is -0.591. The van der Waals surface area contributed by atoms with Crippen molar-refractivity contribution in [2.45, 2.75) is 20.0 Å². The highest BCUT2D eigenvalue weighted by Crippen LogP contribution is 2.30. The highest BCUT2D eigenvalue weighted by atomic mass is 35.5. The van der Waals surface area contributed by atoms with Gasteiger partial charge in [-0.2, -0.15) is 0 Å². The van der Waals surface area contributed by atoms with Crippen molar-refractivity contribution >= 4 is 34.8 Å². The van der Waals surface area contributed by atoms with Gasteiger partial charge in [0.15, 0.2) is 0 Å². The first-order valence-corrected chi connectivity index (χ1v) is 9.99. The quantitative estimate of drug-likeness (QED) is 0.572. The molecular weight excluding hydrogens is 396 g/mol. The Balaban J connectivity index is 1.44. The van der Waals surface area contributed by atoms with E-state index < -0.39 is 5.97 Å². The Morgan fingerprint density at radius 1 is 1.14 bits per heavy atom. The average Bonchev–Trinajstić information content (AvgIpc) is 3.16. The van der Waals surface area contributed by atoms with Crippen molar-refractivity contribution in [3.05, 3.63) is 75.8 Å². The number of benzene rings is 2. The van der Waals surface area contributed by atoms with Crippen LogP contribution in [-0.2, 0) is 16.1 Å². The minimum absolute atomic E-state index is 0.0888. The van der Waals surface area contributed by atoms with Crippen LogP contribution in [0.2, 0.25) is 5.02 Å². The number of carbonyl (C=O) groups excluding carboxylic acids is 2. The molecule has 3 aromatic rings. The molecule has 1 N–H and O–H groups in total. The van der Waals surface area contributed by atoms with Crippen LogP contribution >= 0.6 is 22.9 Å². The lowest BCUT2D eigenvalue weighted by atomic mass is 10.1. The molecular formula is C21H19ClN2O3S. The normalized spacial score (nSPS) is 10.5. The zero-order valence-electron chi connectivity index (χ0n) is 15.3. The van der Waals surface area contributed by atoms with Gasteiger partial charge in [-0.15, -0.1) is 11.3 Å². The minimum Gasteiger partial charge on any atom is -0.459 e. The summed E-state index contributed by atoms with van der Waals surface area (Å²) >= 11 is 7.62. The van der Waals surface area contributed by atoms with Gasteiger partial charge in [-0.1, -0.05) is 48.0 Å². The number of aryl methyl sites for hydroxylation is 1. The third kappa shape index (κ3) is 5.18. The van der Waals surface area contributed by atoms with E-state index in [1.807, 2.05) is 48.7 Å². The first-order valence-electron chi connectivity index (χ1n) is 8.73. The van der Waals surface area contributed by atoms with Gasteiger partial charge in [0, 0.05) is 23.1 Å². The zero-order chi connectivity index (χ0) is 19.9. The highest BCUT2D eigenvalue weighted by molar-refractivity contribution is 7.13. The SMILES string of the molecule is Cc1ccccc1C(=O)NCCC(=O)OCc1csc(-c2ccccc2Cl)n1. The molecule has 28 heavy (non-hydrogen) atoms. The van der Waals surface area contributed by atoms with E-state index in [9.17, 15) is 9.59 Å². The van der Waals surface area contributed by atoms with Crippen LogP contribution in [-0.4, -0.2) is 23.4 Å². The Morgan fingerprint density at radius 3 is 2.68 bits per heavy atom. The second-order valence-corrected chi connectivity index (χ2v) is 7.37. The van der Waals surface area contributed by atoms with Crippen LogP contribution in [0.15, 0.2) is 53.9 Å². The van der Waals surface area contributed by atoms with Crippen LogP contribution in [0.3, 0.4) is 0 Å². The van der Waals surface area contributed by atoms with E-state index in [0.29, 0.717) is 16.3 Å². The number of ether oxygens (including phenoxy) is 1. The molecule has 1 heterocycles. The molecule has 144 valence electrons. The second-order valence-electron chi connectivity index (χ2n) is 6.11. The number of amides is 1. The van der Waals surface area contributed by atoms with E-state index in [-0.39, 0.29) is 25.5 Å². The molecule has 0 fully saturated rings. The smallest absolute Gasteiger partial charge is 0.307 e. The number of carbonyl (C=O) groups is 2. The standard InChI is InChI=1S/C21H19ClN2O3S/c1-14-6-2-3-7-16(14)20(26)23-11-10-19(25)27-12-15-13-28-21(24-15)17-8-4-5-9-18(17)22/h2-9,13H,10-12H2,1H3,(H,23,26). The van der Waals surface area contributed by atoms with Crippen LogP contribution in [0.25, 0.3) is 10.6 Å². The third-order valence-corrected chi connectivity index (χ3v) is 5.30. The number of aromatic nitrogens is 1. The van der Waals surface area contributed by atoms with Gasteiger partial charge in [0.1, 0.15) is 11.6 Å². The van der Waals surface area contributed by atoms with Crippen molar-refractivity contribution in [2.75, 3.05) is 6.54 Å². The summed E-state index contributed by atoms with van der Waals surface area (Å²) in [4.78, 5) is 28.5. The Morgan fingerprint density at radius 2 is 1.89 bits per heavy atom. The molecule has 7 heteroatoms. The Labute approximate surface area is 172 Å². The molecule has 0 atom stereocenters. The first-order chi connectivity index (χ1) is 13.5. The molecule has 0 aliphatic rings. The minimum atomic E-state index is -0.391. The number of nitrogens with zero attached hydrogens (tertiary/aromatic N) is 1. The molecule has 0 aliphatic carbocycles. The summed E-state index contributed by atoms with van der Waals surface area (Å²) in [5.41, 5.74) is 3.01. The van der Waals surface area contributed by atoms with Crippen molar-refractivity contribution in [2.24, 2.45) is 0 Å². The van der Waals surface area contributed by atoms with Gasteiger partial charge in [-0.05, 0) is 24.6 Å². The zero-order valence-corrected chi connectivity index (χ0v) is 16.8. The van der Waals surface area contributed by atoms with E-state index in [1.165, 1.54) is 11.3 Å². The predicted molar refractivity (Wildman–Crippen MR) is 110 cm³/mol. The number of hydrogen-bond acceptors (Lipinski definition) is 5. The van der Waals surface area contributed by atoms with Crippen LogP contribution < -0.4 is 5.32 Å². The molecule has 0 saturated heterocycles. The molecule has 0 aliphatic heterocycles. The molecule has 5 nitrogen and oxygen atoms in total. The molecule has 1 aromatic heterocycles. The lowest BCUT2D eigenvalue weighted by Gasteiger charge is -2.07. The van der Waals surface area contributed by atoms with Crippen molar-refractivity contribution in [3.8, 4) is 10.6 Å². The summed E-state index contributed by atoms with van der Waals surface area (Å²) in [6.45, 7) is 2.17. The lowest BCUT2D eigenvalue weighted by Crippen LogP contribution is -2.27. The Bertz CT molecular complexity index is 987. The average molecular weight is 415 g/mol. The van der Waals surface area contributed by atoms with E-state index in [0.717, 1.165) is 16.1 Å². The number of hydrogen-bond donors (Lipinski definition) is 1. The summed E-state index contributed by atoms with van der Waals surface area (Å²) < 4.78 is 5.24. The van der Waals surface area contributed by atoms with Gasteiger partial charge >= 0.3 is 5.97 Å². The maximum Gasteiger partial charge on any atom is 0.307 e. The van der Waals surface area contributed by atoms with Gasteiger partial charge in [0.05, 0.1) is 17.1 Å². The third-order valence-electron chi connectivity index (χ3n) is 4.04. The van der Waals surface area contributed by atoms with E-state index in [2.05, 4.69) is 10.3 Å². The largest absolute Gasteiger partial charge is 0.459 e. The van der Waals surface area contributed by atoms with E-state index in [4.69, 9.17) is 16.3 Å². The molecule has 0 saturated carbocycles. The van der Waals surface area contributed by atoms with Gasteiger partial charge < -0.3 is 10.1 Å². The second kappa shape index (κ2) is 9.48. The number of rotatable bonds is 7. The fourth-order valence-corrected chi connectivity index (χ4v) is 3.68. The van der Waals surface area contributed by atoms with Crippen LogP contribution in [0.1, 0.15) is 28.0 Å². The van der Waals surface area contributed by atoms with Crippen LogP contribution in [0.5, 0.6) is 0 Å². The highest BCUT2D eigenvalue weighted by Gasteiger charge is 2.11. The lowest BCUT2D eigenvalue weighted by molar-refractivity contribution is -0.144. The maximum absolute atomic E-state index is 12.1. The molecule has 1 amide bonds. The fraction of sp³-hybridized carbons (Fsp3) is 0.190. The predicted octanol–water partition coefficient (Wildman–Crippen LogP) is 4.64.